The van der Waals surface area contributed by atoms with Crippen LogP contribution in [0.4, 0.5) is 5.69 Å². The number of amides is 1. The highest BCUT2D eigenvalue weighted by atomic mass is 35.5. The fraction of sp³-hybridized carbons (Fsp3) is 0.214. The Hall–Kier alpha value is -3.97. The lowest BCUT2D eigenvalue weighted by Crippen LogP contribution is -2.29. The number of carbonyl (C=O) groups excluding carboxylic acids is 2. The Labute approximate surface area is 214 Å². The first-order valence-electron chi connectivity index (χ1n) is 11.4. The molecule has 0 spiro atoms. The zero-order chi connectivity index (χ0) is 26.0. The van der Waals surface area contributed by atoms with Crippen LogP contribution in [0.3, 0.4) is 0 Å². The SMILES string of the molecule is COc1ccc(N2C(=O)C(=O)/C(=C(\O)c3cccc(OCC(C)C)c3)C2c2ccc(O)c(Cl)c2)cc1. The van der Waals surface area contributed by atoms with Crippen molar-refractivity contribution in [1.82, 2.24) is 0 Å². The first-order valence-corrected chi connectivity index (χ1v) is 11.8. The van der Waals surface area contributed by atoms with E-state index in [4.69, 9.17) is 21.1 Å². The molecule has 1 aliphatic rings. The van der Waals surface area contributed by atoms with E-state index in [1.54, 1.807) is 54.6 Å². The summed E-state index contributed by atoms with van der Waals surface area (Å²) in [5, 5.41) is 21.3. The molecule has 2 N–H and O–H groups in total. The van der Waals surface area contributed by atoms with Gasteiger partial charge in [0.15, 0.2) is 0 Å². The van der Waals surface area contributed by atoms with Crippen LogP contribution in [0.25, 0.3) is 5.76 Å². The fourth-order valence-corrected chi connectivity index (χ4v) is 4.19. The van der Waals surface area contributed by atoms with E-state index in [2.05, 4.69) is 0 Å². The number of hydrogen-bond acceptors (Lipinski definition) is 6. The maximum Gasteiger partial charge on any atom is 0.300 e. The molecule has 36 heavy (non-hydrogen) atoms. The van der Waals surface area contributed by atoms with E-state index < -0.39 is 17.7 Å². The highest BCUT2D eigenvalue weighted by Gasteiger charge is 2.47. The van der Waals surface area contributed by atoms with Crippen molar-refractivity contribution in [2.75, 3.05) is 18.6 Å². The number of anilines is 1. The minimum atomic E-state index is -0.989. The molecule has 0 saturated carbocycles. The van der Waals surface area contributed by atoms with Crippen LogP contribution >= 0.6 is 11.6 Å². The minimum absolute atomic E-state index is 0.0527. The largest absolute Gasteiger partial charge is 0.507 e. The Morgan fingerprint density at radius 2 is 1.75 bits per heavy atom. The van der Waals surface area contributed by atoms with Crippen molar-refractivity contribution in [3.63, 3.8) is 0 Å². The predicted octanol–water partition coefficient (Wildman–Crippen LogP) is 5.72. The molecule has 3 aromatic carbocycles. The van der Waals surface area contributed by atoms with Crippen LogP contribution in [-0.2, 0) is 9.59 Å². The summed E-state index contributed by atoms with van der Waals surface area (Å²) in [6.45, 7) is 4.53. The fourth-order valence-electron chi connectivity index (χ4n) is 4.00. The molecule has 1 heterocycles. The molecule has 1 aliphatic heterocycles. The summed E-state index contributed by atoms with van der Waals surface area (Å²) in [6, 6.07) is 16.8. The lowest BCUT2D eigenvalue weighted by Gasteiger charge is -2.26. The van der Waals surface area contributed by atoms with Gasteiger partial charge in [-0.3, -0.25) is 14.5 Å². The molecule has 7 nitrogen and oxygen atoms in total. The molecule has 186 valence electrons. The number of carbonyl (C=O) groups is 2. The Kier molecular flexibility index (Phi) is 7.22. The summed E-state index contributed by atoms with van der Waals surface area (Å²) in [4.78, 5) is 27.9. The quantitative estimate of drug-likeness (QED) is 0.241. The predicted molar refractivity (Wildman–Crippen MR) is 138 cm³/mol. The number of benzene rings is 3. The number of phenols is 1. The van der Waals surface area contributed by atoms with Gasteiger partial charge in [0.2, 0.25) is 0 Å². The van der Waals surface area contributed by atoms with E-state index in [9.17, 15) is 19.8 Å². The molecule has 1 amide bonds. The zero-order valence-corrected chi connectivity index (χ0v) is 20.8. The molecule has 0 bridgehead atoms. The molecule has 1 saturated heterocycles. The molecular weight excluding hydrogens is 482 g/mol. The lowest BCUT2D eigenvalue weighted by atomic mass is 9.95. The van der Waals surface area contributed by atoms with Crippen molar-refractivity contribution in [3.8, 4) is 17.2 Å². The van der Waals surface area contributed by atoms with Gasteiger partial charge >= 0.3 is 0 Å². The third-order valence-electron chi connectivity index (χ3n) is 5.77. The van der Waals surface area contributed by atoms with Gasteiger partial charge in [-0.1, -0.05) is 43.6 Å². The number of Topliss-reactive ketones (excluding diaryl/α,β-unsaturated/α-hetero) is 1. The molecule has 4 rings (SSSR count). The number of halogens is 1. The Bertz CT molecular complexity index is 1330. The Morgan fingerprint density at radius 3 is 2.39 bits per heavy atom. The van der Waals surface area contributed by atoms with Crippen molar-refractivity contribution in [1.29, 1.82) is 0 Å². The van der Waals surface area contributed by atoms with E-state index in [-0.39, 0.29) is 22.1 Å². The van der Waals surface area contributed by atoms with Crippen LogP contribution in [-0.4, -0.2) is 35.6 Å². The normalized spacial score (nSPS) is 17.0. The smallest absolute Gasteiger partial charge is 0.300 e. The van der Waals surface area contributed by atoms with E-state index in [1.165, 1.54) is 24.1 Å². The molecule has 3 aromatic rings. The van der Waals surface area contributed by atoms with Gasteiger partial charge in [0.25, 0.3) is 11.7 Å². The number of hydrogen-bond donors (Lipinski definition) is 2. The van der Waals surface area contributed by atoms with Gasteiger partial charge in [0.05, 0.1) is 30.4 Å². The Balaban J connectivity index is 1.87. The lowest BCUT2D eigenvalue weighted by molar-refractivity contribution is -0.132. The standard InChI is InChI=1S/C28H26ClNO6/c1-16(2)15-36-21-6-4-5-18(13-21)26(32)24-25(17-7-12-23(31)22(29)14-17)30(28(34)27(24)33)19-8-10-20(35-3)11-9-19/h4-14,16,25,31-32H,15H2,1-3H3/b26-24-. The van der Waals surface area contributed by atoms with Crippen LogP contribution in [0.1, 0.15) is 31.0 Å². The summed E-state index contributed by atoms with van der Waals surface area (Å²) in [7, 11) is 1.53. The van der Waals surface area contributed by atoms with Gasteiger partial charge in [0.1, 0.15) is 23.0 Å². The van der Waals surface area contributed by atoms with Crippen molar-refractivity contribution >= 4 is 34.7 Å². The zero-order valence-electron chi connectivity index (χ0n) is 20.1. The van der Waals surface area contributed by atoms with Crippen molar-refractivity contribution in [2.45, 2.75) is 19.9 Å². The first-order chi connectivity index (χ1) is 17.2. The molecule has 1 fully saturated rings. The van der Waals surface area contributed by atoms with E-state index in [0.29, 0.717) is 40.8 Å². The maximum atomic E-state index is 13.3. The average molecular weight is 508 g/mol. The number of aliphatic hydroxyl groups is 1. The van der Waals surface area contributed by atoms with Gasteiger partial charge < -0.3 is 19.7 Å². The number of aromatic hydroxyl groups is 1. The third-order valence-corrected chi connectivity index (χ3v) is 6.08. The number of ether oxygens (including phenoxy) is 2. The van der Waals surface area contributed by atoms with E-state index in [1.807, 2.05) is 13.8 Å². The molecule has 8 heteroatoms. The van der Waals surface area contributed by atoms with Gasteiger partial charge in [-0.25, -0.2) is 0 Å². The second-order valence-electron chi connectivity index (χ2n) is 8.81. The van der Waals surface area contributed by atoms with Crippen LogP contribution in [0.15, 0.2) is 72.3 Å². The molecule has 0 radical (unpaired) electrons. The second kappa shape index (κ2) is 10.3. The summed E-state index contributed by atoms with van der Waals surface area (Å²) >= 11 is 6.17. The van der Waals surface area contributed by atoms with Gasteiger partial charge in [-0.05, 0) is 60.0 Å². The van der Waals surface area contributed by atoms with Gasteiger partial charge in [-0.15, -0.1) is 0 Å². The first kappa shape index (κ1) is 25.1. The van der Waals surface area contributed by atoms with Crippen LogP contribution < -0.4 is 14.4 Å². The average Bonchev–Trinajstić information content (AvgIpc) is 3.14. The van der Waals surface area contributed by atoms with Crippen molar-refractivity contribution in [2.24, 2.45) is 5.92 Å². The number of phenolic OH excluding ortho intramolecular Hbond substituents is 1. The summed E-state index contributed by atoms with van der Waals surface area (Å²) in [5.74, 6) is -0.713. The molecule has 0 aliphatic carbocycles. The number of methoxy groups -OCH3 is 1. The van der Waals surface area contributed by atoms with Crippen LogP contribution in [0.5, 0.6) is 17.2 Å². The number of rotatable bonds is 7. The summed E-state index contributed by atoms with van der Waals surface area (Å²) < 4.78 is 11.0. The van der Waals surface area contributed by atoms with Crippen LogP contribution in [0, 0.1) is 5.92 Å². The highest BCUT2D eigenvalue weighted by molar-refractivity contribution is 6.51. The highest BCUT2D eigenvalue weighted by Crippen LogP contribution is 2.44. The molecule has 0 aromatic heterocycles. The Morgan fingerprint density at radius 1 is 1.03 bits per heavy atom. The summed E-state index contributed by atoms with van der Waals surface area (Å²) in [6.07, 6.45) is 0. The van der Waals surface area contributed by atoms with E-state index in [0.717, 1.165) is 0 Å². The monoisotopic (exact) mass is 507 g/mol. The van der Waals surface area contributed by atoms with Gasteiger partial charge in [0, 0.05) is 11.3 Å². The van der Waals surface area contributed by atoms with Crippen LogP contribution in [0.2, 0.25) is 5.02 Å². The third kappa shape index (κ3) is 4.88. The minimum Gasteiger partial charge on any atom is -0.507 e. The summed E-state index contributed by atoms with van der Waals surface area (Å²) in [5.41, 5.74) is 1.11. The molecule has 1 atom stereocenters. The van der Waals surface area contributed by atoms with Crippen molar-refractivity contribution in [3.05, 3.63) is 88.5 Å². The number of nitrogens with zero attached hydrogens (tertiary/aromatic N) is 1. The maximum absolute atomic E-state index is 13.3. The van der Waals surface area contributed by atoms with E-state index >= 15 is 0 Å². The van der Waals surface area contributed by atoms with Crippen molar-refractivity contribution < 1.29 is 29.3 Å². The van der Waals surface area contributed by atoms with Gasteiger partial charge in [-0.2, -0.15) is 0 Å². The number of ketones is 1. The topological polar surface area (TPSA) is 96.3 Å². The molecular formula is C28H26ClNO6. The number of aliphatic hydroxyl groups excluding tert-OH is 1. The second-order valence-corrected chi connectivity index (χ2v) is 9.22. The molecule has 1 unspecified atom stereocenters.